The van der Waals surface area contributed by atoms with Gasteiger partial charge in [0.1, 0.15) is 0 Å². The van der Waals surface area contributed by atoms with Gasteiger partial charge in [-0.15, -0.1) is 0 Å². The number of hydrogen-bond donors (Lipinski definition) is 1. The summed E-state index contributed by atoms with van der Waals surface area (Å²) in [6, 6.07) is 8.05. The second-order valence-electron chi connectivity index (χ2n) is 5.26. The molecule has 0 aliphatic carbocycles. The number of anilines is 1. The van der Waals surface area contributed by atoms with Crippen LogP contribution >= 0.6 is 0 Å². The Morgan fingerprint density at radius 3 is 2.47 bits per heavy atom. The predicted octanol–water partition coefficient (Wildman–Crippen LogP) is 3.23. The molecule has 1 amide bonds. The molecule has 1 aromatic carbocycles. The van der Waals surface area contributed by atoms with Crippen molar-refractivity contribution in [3.05, 3.63) is 29.8 Å². The van der Waals surface area contributed by atoms with Crippen molar-refractivity contribution in [2.45, 2.75) is 39.0 Å². The average Bonchev–Trinajstić information content (AvgIpc) is 2.72. The van der Waals surface area contributed by atoms with Gasteiger partial charge < -0.3 is 10.2 Å². The van der Waals surface area contributed by atoms with E-state index >= 15 is 0 Å². The standard InChI is InChI=1S/C16H24N2O/c1-3-10-18(11-4-2)12-9-14-13-7-5-6-8-15(13)17-16(14)19/h5-8,14H,3-4,9-12H2,1-2H3,(H,17,19). The molecule has 3 heteroatoms. The Morgan fingerprint density at radius 2 is 1.79 bits per heavy atom. The number of nitrogens with one attached hydrogen (secondary N) is 1. The molecule has 0 radical (unpaired) electrons. The average molecular weight is 260 g/mol. The molecule has 0 aromatic heterocycles. The third-order valence-electron chi connectivity index (χ3n) is 3.72. The number of benzene rings is 1. The second kappa shape index (κ2) is 6.71. The molecule has 1 aliphatic heterocycles. The van der Waals surface area contributed by atoms with E-state index in [0.717, 1.165) is 31.7 Å². The highest BCUT2D eigenvalue weighted by molar-refractivity contribution is 6.02. The molecule has 0 saturated heterocycles. The third-order valence-corrected chi connectivity index (χ3v) is 3.72. The molecule has 1 aliphatic rings. The normalized spacial score (nSPS) is 17.6. The van der Waals surface area contributed by atoms with Crippen LogP contribution in [0.2, 0.25) is 0 Å². The molecule has 104 valence electrons. The molecule has 3 nitrogen and oxygen atoms in total. The van der Waals surface area contributed by atoms with Gasteiger partial charge in [-0.3, -0.25) is 4.79 Å². The molecule has 0 spiro atoms. The van der Waals surface area contributed by atoms with E-state index in [1.165, 1.54) is 18.4 Å². The monoisotopic (exact) mass is 260 g/mol. The molecular formula is C16H24N2O. The van der Waals surface area contributed by atoms with E-state index in [4.69, 9.17) is 0 Å². The quantitative estimate of drug-likeness (QED) is 0.816. The van der Waals surface area contributed by atoms with Crippen LogP contribution in [0.1, 0.15) is 44.6 Å². The summed E-state index contributed by atoms with van der Waals surface area (Å²) in [6.45, 7) is 7.68. The first kappa shape index (κ1) is 14.1. The van der Waals surface area contributed by atoms with Gasteiger partial charge in [-0.1, -0.05) is 32.0 Å². The van der Waals surface area contributed by atoms with Crippen LogP contribution in [0.25, 0.3) is 0 Å². The number of carbonyl (C=O) groups excluding carboxylic acids is 1. The van der Waals surface area contributed by atoms with Crippen molar-refractivity contribution in [1.82, 2.24) is 4.90 Å². The van der Waals surface area contributed by atoms with Crippen molar-refractivity contribution in [2.75, 3.05) is 25.0 Å². The first-order valence-corrected chi connectivity index (χ1v) is 7.38. The molecule has 1 atom stereocenters. The Labute approximate surface area is 116 Å². The minimum absolute atomic E-state index is 0.0346. The maximum Gasteiger partial charge on any atom is 0.232 e. The Morgan fingerprint density at radius 1 is 1.11 bits per heavy atom. The summed E-state index contributed by atoms with van der Waals surface area (Å²) in [7, 11) is 0. The van der Waals surface area contributed by atoms with E-state index in [2.05, 4.69) is 30.1 Å². The van der Waals surface area contributed by atoms with Gasteiger partial charge in [-0.25, -0.2) is 0 Å². The van der Waals surface area contributed by atoms with E-state index in [1.54, 1.807) is 0 Å². The lowest BCUT2D eigenvalue weighted by Crippen LogP contribution is -2.28. The Balaban J connectivity index is 1.97. The van der Waals surface area contributed by atoms with Crippen molar-refractivity contribution in [3.63, 3.8) is 0 Å². The maximum absolute atomic E-state index is 12.0. The van der Waals surface area contributed by atoms with Crippen molar-refractivity contribution in [2.24, 2.45) is 0 Å². The van der Waals surface area contributed by atoms with Gasteiger partial charge in [0, 0.05) is 5.69 Å². The number of para-hydroxylation sites is 1. The molecule has 19 heavy (non-hydrogen) atoms. The number of amides is 1. The van der Waals surface area contributed by atoms with E-state index in [0.29, 0.717) is 0 Å². The molecule has 1 heterocycles. The van der Waals surface area contributed by atoms with E-state index in [9.17, 15) is 4.79 Å². The fraction of sp³-hybridized carbons (Fsp3) is 0.562. The summed E-state index contributed by atoms with van der Waals surface area (Å²) in [5, 5.41) is 2.98. The van der Waals surface area contributed by atoms with Crippen molar-refractivity contribution in [1.29, 1.82) is 0 Å². The zero-order chi connectivity index (χ0) is 13.7. The van der Waals surface area contributed by atoms with Gasteiger partial charge in [-0.05, 0) is 50.5 Å². The fourth-order valence-corrected chi connectivity index (χ4v) is 2.84. The molecule has 1 N–H and O–H groups in total. The van der Waals surface area contributed by atoms with Crippen molar-refractivity contribution in [3.8, 4) is 0 Å². The van der Waals surface area contributed by atoms with Gasteiger partial charge in [0.25, 0.3) is 0 Å². The minimum atomic E-state index is 0.0346. The zero-order valence-corrected chi connectivity index (χ0v) is 12.0. The smallest absolute Gasteiger partial charge is 0.232 e. The number of hydrogen-bond acceptors (Lipinski definition) is 2. The van der Waals surface area contributed by atoms with Crippen molar-refractivity contribution < 1.29 is 4.79 Å². The van der Waals surface area contributed by atoms with Crippen LogP contribution < -0.4 is 5.32 Å². The first-order chi connectivity index (χ1) is 9.26. The first-order valence-electron chi connectivity index (χ1n) is 7.38. The Hall–Kier alpha value is -1.35. The summed E-state index contributed by atoms with van der Waals surface area (Å²) in [5.74, 6) is 0.196. The van der Waals surface area contributed by atoms with E-state index in [1.807, 2.05) is 18.2 Å². The van der Waals surface area contributed by atoms with Crippen LogP contribution in [0.3, 0.4) is 0 Å². The summed E-state index contributed by atoms with van der Waals surface area (Å²) in [6.07, 6.45) is 3.27. The number of rotatable bonds is 7. The van der Waals surface area contributed by atoms with Crippen LogP contribution in [-0.2, 0) is 4.79 Å². The molecule has 0 fully saturated rings. The number of fused-ring (bicyclic) bond motifs is 1. The lowest BCUT2D eigenvalue weighted by molar-refractivity contribution is -0.117. The summed E-state index contributed by atoms with van der Waals surface area (Å²) < 4.78 is 0. The van der Waals surface area contributed by atoms with Gasteiger partial charge in [0.15, 0.2) is 0 Å². The zero-order valence-electron chi connectivity index (χ0n) is 12.0. The highest BCUT2D eigenvalue weighted by atomic mass is 16.2. The number of carbonyl (C=O) groups is 1. The van der Waals surface area contributed by atoms with E-state index in [-0.39, 0.29) is 11.8 Å². The van der Waals surface area contributed by atoms with Crippen LogP contribution in [0.4, 0.5) is 5.69 Å². The highest BCUT2D eigenvalue weighted by Crippen LogP contribution is 2.34. The SMILES string of the molecule is CCCN(CCC)CCC1C(=O)Nc2ccccc21. The predicted molar refractivity (Wildman–Crippen MR) is 79.5 cm³/mol. The summed E-state index contributed by atoms with van der Waals surface area (Å²) in [4.78, 5) is 14.5. The lowest BCUT2D eigenvalue weighted by atomic mass is 9.97. The third kappa shape index (κ3) is 3.35. The van der Waals surface area contributed by atoms with Gasteiger partial charge in [-0.2, -0.15) is 0 Å². The van der Waals surface area contributed by atoms with Crippen LogP contribution in [0.15, 0.2) is 24.3 Å². The molecular weight excluding hydrogens is 236 g/mol. The Kier molecular flexibility index (Phi) is 4.97. The second-order valence-corrected chi connectivity index (χ2v) is 5.26. The van der Waals surface area contributed by atoms with E-state index < -0.39 is 0 Å². The van der Waals surface area contributed by atoms with Crippen molar-refractivity contribution >= 4 is 11.6 Å². The molecule has 0 saturated carbocycles. The maximum atomic E-state index is 12.0. The highest BCUT2D eigenvalue weighted by Gasteiger charge is 2.29. The van der Waals surface area contributed by atoms with Gasteiger partial charge in [0.05, 0.1) is 5.92 Å². The summed E-state index contributed by atoms with van der Waals surface area (Å²) >= 11 is 0. The van der Waals surface area contributed by atoms with Crippen LogP contribution in [0, 0.1) is 0 Å². The minimum Gasteiger partial charge on any atom is -0.325 e. The molecule has 1 aromatic rings. The van der Waals surface area contributed by atoms with Crippen LogP contribution in [-0.4, -0.2) is 30.4 Å². The van der Waals surface area contributed by atoms with Gasteiger partial charge >= 0.3 is 0 Å². The molecule has 0 bridgehead atoms. The molecule has 2 rings (SSSR count). The Bertz CT molecular complexity index is 425. The lowest BCUT2D eigenvalue weighted by Gasteiger charge is -2.22. The number of nitrogens with zero attached hydrogens (tertiary/aromatic N) is 1. The largest absolute Gasteiger partial charge is 0.325 e. The molecule has 1 unspecified atom stereocenters. The topological polar surface area (TPSA) is 32.3 Å². The fourth-order valence-electron chi connectivity index (χ4n) is 2.84. The van der Waals surface area contributed by atoms with Crippen LogP contribution in [0.5, 0.6) is 0 Å². The van der Waals surface area contributed by atoms with Gasteiger partial charge in [0.2, 0.25) is 5.91 Å². The summed E-state index contributed by atoms with van der Waals surface area (Å²) in [5.41, 5.74) is 2.16.